The molecule has 0 aliphatic rings. The second kappa shape index (κ2) is 14.8. The van der Waals surface area contributed by atoms with Gasteiger partial charge in [0, 0.05) is 24.0 Å². The van der Waals surface area contributed by atoms with Crippen molar-refractivity contribution >= 4 is 56.1 Å². The smallest absolute Gasteiger partial charge is 0.411 e. The van der Waals surface area contributed by atoms with E-state index in [2.05, 4.69) is 44.1 Å². The van der Waals surface area contributed by atoms with Crippen LogP contribution in [-0.2, 0) is 17.7 Å². The maximum Gasteiger partial charge on any atom is 0.411 e. The molecule has 4 rings (SSSR count). The van der Waals surface area contributed by atoms with Crippen LogP contribution in [0.15, 0.2) is 89.7 Å². The molecule has 0 unspecified atom stereocenters. The lowest BCUT2D eigenvalue weighted by Crippen LogP contribution is -2.38. The number of carbonyl (C=O) groups excluding carboxylic acids is 3. The molecule has 212 valence electrons. The van der Waals surface area contributed by atoms with E-state index in [1.807, 2.05) is 83.7 Å². The zero-order valence-electron chi connectivity index (χ0n) is 22.8. The molecule has 4 amide bonds. The molecule has 4 N–H and O–H groups in total. The number of hydrogen-bond donors (Lipinski definition) is 4. The van der Waals surface area contributed by atoms with Crippen molar-refractivity contribution in [2.24, 2.45) is 0 Å². The van der Waals surface area contributed by atoms with E-state index in [4.69, 9.17) is 4.74 Å². The number of halogens is 1. The predicted octanol–water partition coefficient (Wildman–Crippen LogP) is 5.64. The standard InChI is InChI=1S/C31H32BrN5O4/c1-2-17-37-20-24(19-25(32)21-37)29(38)35-26-12-10-22(11-13-26)14-15-33-30(39)34-16-18-41-31(40)36-28-9-5-7-23-6-3-4-8-27(23)28/h3-13,19-21H,2,14-18H2,1H3,(H3-,33,34,35,36,38,39,40)/p+1. The number of fused-ring (bicyclic) bond motifs is 1. The first-order chi connectivity index (χ1) is 19.9. The summed E-state index contributed by atoms with van der Waals surface area (Å²) in [5.41, 5.74) is 2.94. The molecular formula is C31H33BrN5O4+. The summed E-state index contributed by atoms with van der Waals surface area (Å²) < 4.78 is 8.02. The first kappa shape index (κ1) is 29.5. The molecule has 0 spiro atoms. The van der Waals surface area contributed by atoms with Crippen LogP contribution < -0.4 is 25.8 Å². The molecule has 0 bridgehead atoms. The maximum absolute atomic E-state index is 12.7. The van der Waals surface area contributed by atoms with Crippen LogP contribution in [0.25, 0.3) is 10.8 Å². The highest BCUT2D eigenvalue weighted by Crippen LogP contribution is 2.23. The van der Waals surface area contributed by atoms with Crippen molar-refractivity contribution in [1.82, 2.24) is 10.6 Å². The number of rotatable bonds is 11. The molecule has 4 aromatic rings. The van der Waals surface area contributed by atoms with Crippen molar-refractivity contribution < 1.29 is 23.7 Å². The number of pyridine rings is 1. The Morgan fingerprint density at radius 2 is 1.63 bits per heavy atom. The SMILES string of the molecule is CCC[n+]1cc(Br)cc(C(=O)Nc2ccc(CCNC(=O)NCCOC(=O)Nc3cccc4ccccc34)cc2)c1. The number of aryl methyl sites for hydroxylation is 1. The molecule has 0 atom stereocenters. The van der Waals surface area contributed by atoms with Gasteiger partial charge in [-0.25, -0.2) is 14.2 Å². The Balaban J connectivity index is 1.13. The average molecular weight is 620 g/mol. The van der Waals surface area contributed by atoms with E-state index in [0.29, 0.717) is 29.9 Å². The monoisotopic (exact) mass is 618 g/mol. The number of amides is 4. The quantitative estimate of drug-likeness (QED) is 0.129. The zero-order valence-corrected chi connectivity index (χ0v) is 24.4. The van der Waals surface area contributed by atoms with E-state index in [1.54, 1.807) is 6.07 Å². The molecule has 0 radical (unpaired) electrons. The van der Waals surface area contributed by atoms with Crippen molar-refractivity contribution in [3.63, 3.8) is 0 Å². The number of anilines is 2. The summed E-state index contributed by atoms with van der Waals surface area (Å²) in [6, 6.07) is 22.3. The molecule has 0 saturated heterocycles. The van der Waals surface area contributed by atoms with E-state index < -0.39 is 6.09 Å². The molecule has 1 heterocycles. The van der Waals surface area contributed by atoms with Gasteiger partial charge >= 0.3 is 12.1 Å². The third kappa shape index (κ3) is 9.04. The van der Waals surface area contributed by atoms with Crippen molar-refractivity contribution in [3.05, 3.63) is 101 Å². The number of hydrogen-bond acceptors (Lipinski definition) is 4. The summed E-state index contributed by atoms with van der Waals surface area (Å²) >= 11 is 3.46. The van der Waals surface area contributed by atoms with Crippen molar-refractivity contribution in [3.8, 4) is 0 Å². The van der Waals surface area contributed by atoms with Gasteiger partial charge in [0.1, 0.15) is 18.7 Å². The number of urea groups is 1. The second-order valence-electron chi connectivity index (χ2n) is 9.35. The highest BCUT2D eigenvalue weighted by atomic mass is 79.9. The summed E-state index contributed by atoms with van der Waals surface area (Å²) in [5.74, 6) is -0.183. The molecule has 0 aliphatic heterocycles. The Bertz CT molecular complexity index is 1510. The summed E-state index contributed by atoms with van der Waals surface area (Å²) in [6.07, 6.45) is 4.79. The number of nitrogens with one attached hydrogen (secondary N) is 4. The summed E-state index contributed by atoms with van der Waals surface area (Å²) in [6.45, 7) is 3.56. The highest BCUT2D eigenvalue weighted by molar-refractivity contribution is 9.10. The van der Waals surface area contributed by atoms with Gasteiger partial charge in [-0.2, -0.15) is 0 Å². The Morgan fingerprint density at radius 3 is 2.44 bits per heavy atom. The summed E-state index contributed by atoms with van der Waals surface area (Å²) in [7, 11) is 0. The summed E-state index contributed by atoms with van der Waals surface area (Å²) in [4.78, 5) is 36.9. The Morgan fingerprint density at radius 1 is 0.878 bits per heavy atom. The molecule has 9 nitrogen and oxygen atoms in total. The molecule has 1 aromatic heterocycles. The first-order valence-corrected chi connectivity index (χ1v) is 14.2. The molecular weight excluding hydrogens is 586 g/mol. The zero-order chi connectivity index (χ0) is 29.0. The fourth-order valence-electron chi connectivity index (χ4n) is 4.24. The van der Waals surface area contributed by atoms with E-state index in [-0.39, 0.29) is 25.1 Å². The largest absolute Gasteiger partial charge is 0.447 e. The van der Waals surface area contributed by atoms with Crippen LogP contribution in [0, 0.1) is 0 Å². The van der Waals surface area contributed by atoms with Gasteiger partial charge in [-0.3, -0.25) is 10.1 Å². The van der Waals surface area contributed by atoms with Crippen molar-refractivity contribution in [1.29, 1.82) is 0 Å². The third-order valence-corrected chi connectivity index (χ3v) is 6.62. The molecule has 10 heteroatoms. The van der Waals surface area contributed by atoms with E-state index in [9.17, 15) is 14.4 Å². The fourth-order valence-corrected chi connectivity index (χ4v) is 4.75. The molecule has 0 aliphatic carbocycles. The van der Waals surface area contributed by atoms with Crippen molar-refractivity contribution in [2.75, 3.05) is 30.3 Å². The first-order valence-electron chi connectivity index (χ1n) is 13.4. The second-order valence-corrected chi connectivity index (χ2v) is 10.3. The van der Waals surface area contributed by atoms with Gasteiger partial charge in [0.15, 0.2) is 12.4 Å². The van der Waals surface area contributed by atoms with Gasteiger partial charge < -0.3 is 20.7 Å². The number of ether oxygens (including phenoxy) is 1. The molecule has 3 aromatic carbocycles. The number of carbonyl (C=O) groups is 3. The van der Waals surface area contributed by atoms with Crippen LogP contribution in [0.4, 0.5) is 21.0 Å². The van der Waals surface area contributed by atoms with Gasteiger partial charge in [-0.15, -0.1) is 0 Å². The minimum atomic E-state index is -0.583. The van der Waals surface area contributed by atoms with Crippen LogP contribution in [0.5, 0.6) is 0 Å². The average Bonchev–Trinajstić information content (AvgIpc) is 2.96. The van der Waals surface area contributed by atoms with Gasteiger partial charge in [0.25, 0.3) is 5.91 Å². The van der Waals surface area contributed by atoms with Crippen LogP contribution in [0.3, 0.4) is 0 Å². The van der Waals surface area contributed by atoms with Crippen LogP contribution in [0.1, 0.15) is 29.3 Å². The van der Waals surface area contributed by atoms with Gasteiger partial charge in [-0.05, 0) is 57.6 Å². The molecule has 41 heavy (non-hydrogen) atoms. The predicted molar refractivity (Wildman–Crippen MR) is 163 cm³/mol. The molecule has 0 saturated carbocycles. The van der Waals surface area contributed by atoms with Crippen LogP contribution in [0.2, 0.25) is 0 Å². The number of nitrogens with zero attached hydrogens (tertiary/aromatic N) is 1. The van der Waals surface area contributed by atoms with Crippen molar-refractivity contribution in [2.45, 2.75) is 26.3 Å². The highest BCUT2D eigenvalue weighted by Gasteiger charge is 2.13. The van der Waals surface area contributed by atoms with Crippen LogP contribution >= 0.6 is 15.9 Å². The minimum Gasteiger partial charge on any atom is -0.447 e. The number of aromatic nitrogens is 1. The topological polar surface area (TPSA) is 112 Å². The van der Waals surface area contributed by atoms with Crippen LogP contribution in [-0.4, -0.2) is 37.7 Å². The van der Waals surface area contributed by atoms with E-state index in [0.717, 1.165) is 33.8 Å². The summed E-state index contributed by atoms with van der Waals surface area (Å²) in [5, 5.41) is 13.1. The van der Waals surface area contributed by atoms with E-state index >= 15 is 0 Å². The Labute approximate surface area is 247 Å². The lowest BCUT2D eigenvalue weighted by Gasteiger charge is -2.11. The lowest BCUT2D eigenvalue weighted by molar-refractivity contribution is -0.697. The fraction of sp³-hybridized carbons (Fsp3) is 0.226. The number of benzene rings is 3. The Kier molecular flexibility index (Phi) is 10.7. The maximum atomic E-state index is 12.7. The Hall–Kier alpha value is -4.44. The lowest BCUT2D eigenvalue weighted by atomic mass is 10.1. The minimum absolute atomic E-state index is 0.0374. The van der Waals surface area contributed by atoms with Gasteiger partial charge in [-0.1, -0.05) is 55.5 Å². The van der Waals surface area contributed by atoms with Gasteiger partial charge in [0.05, 0.1) is 16.7 Å². The van der Waals surface area contributed by atoms with E-state index in [1.165, 1.54) is 0 Å². The third-order valence-electron chi connectivity index (χ3n) is 6.19. The normalized spacial score (nSPS) is 10.6. The molecule has 0 fully saturated rings. The van der Waals surface area contributed by atoms with Gasteiger partial charge in [0.2, 0.25) is 0 Å².